The Labute approximate surface area is 189 Å². The van der Waals surface area contributed by atoms with Gasteiger partial charge >= 0.3 is 0 Å². The lowest BCUT2D eigenvalue weighted by Gasteiger charge is -2.26. The van der Waals surface area contributed by atoms with Crippen molar-refractivity contribution in [2.45, 2.75) is 46.1 Å². The number of para-hydroxylation sites is 1. The van der Waals surface area contributed by atoms with E-state index < -0.39 is 17.7 Å². The standard InChI is InChI=1S/C26H31NO5/c1-6-14-27-23(18-10-8-9-11-20(18)31-5)22(25(29)26(27)30)24(28)17-12-13-21(32-7-2)19(15-17)16(3)4/h8-13,15-16,23,28H,6-7,14H2,1-5H3/b24-22+. The van der Waals surface area contributed by atoms with Crippen LogP contribution in [0.5, 0.6) is 11.5 Å². The number of ketones is 1. The molecule has 0 radical (unpaired) electrons. The van der Waals surface area contributed by atoms with Crippen molar-refractivity contribution >= 4 is 17.4 Å². The molecule has 1 amide bonds. The van der Waals surface area contributed by atoms with E-state index in [2.05, 4.69) is 0 Å². The SMILES string of the molecule is CCCN1C(=O)C(=O)/C(=C(/O)c2ccc(OCC)c(C(C)C)c2)C1c1ccccc1OC. The minimum atomic E-state index is -0.722. The van der Waals surface area contributed by atoms with Crippen molar-refractivity contribution in [3.05, 3.63) is 64.7 Å². The molecule has 6 heteroatoms. The van der Waals surface area contributed by atoms with Crippen LogP contribution < -0.4 is 9.47 Å². The van der Waals surface area contributed by atoms with Gasteiger partial charge < -0.3 is 19.5 Å². The van der Waals surface area contributed by atoms with E-state index >= 15 is 0 Å². The van der Waals surface area contributed by atoms with E-state index in [0.717, 1.165) is 11.3 Å². The largest absolute Gasteiger partial charge is 0.507 e. The number of nitrogens with zero attached hydrogens (tertiary/aromatic N) is 1. The summed E-state index contributed by atoms with van der Waals surface area (Å²) >= 11 is 0. The van der Waals surface area contributed by atoms with Gasteiger partial charge in [-0.25, -0.2) is 0 Å². The Kier molecular flexibility index (Phi) is 7.23. The zero-order valence-electron chi connectivity index (χ0n) is 19.3. The number of amides is 1. The van der Waals surface area contributed by atoms with Crippen LogP contribution in [0.2, 0.25) is 0 Å². The number of carbonyl (C=O) groups is 2. The van der Waals surface area contributed by atoms with Crippen LogP contribution in [0.15, 0.2) is 48.0 Å². The molecule has 2 aromatic carbocycles. The molecule has 1 heterocycles. The topological polar surface area (TPSA) is 76.1 Å². The number of ether oxygens (including phenoxy) is 2. The van der Waals surface area contributed by atoms with Crippen molar-refractivity contribution in [2.24, 2.45) is 0 Å². The van der Waals surface area contributed by atoms with Crippen molar-refractivity contribution in [3.8, 4) is 11.5 Å². The summed E-state index contributed by atoms with van der Waals surface area (Å²) in [5, 5.41) is 11.3. The van der Waals surface area contributed by atoms with Crippen LogP contribution in [0.1, 0.15) is 62.8 Å². The third-order valence-electron chi connectivity index (χ3n) is 5.64. The van der Waals surface area contributed by atoms with Gasteiger partial charge in [0.1, 0.15) is 17.3 Å². The van der Waals surface area contributed by atoms with Crippen molar-refractivity contribution in [1.29, 1.82) is 0 Å². The lowest BCUT2D eigenvalue weighted by molar-refractivity contribution is -0.139. The van der Waals surface area contributed by atoms with Crippen LogP contribution in [-0.2, 0) is 9.59 Å². The van der Waals surface area contributed by atoms with E-state index in [-0.39, 0.29) is 17.3 Å². The molecule has 1 aliphatic heterocycles. The van der Waals surface area contributed by atoms with Crippen molar-refractivity contribution < 1.29 is 24.2 Å². The number of hydrogen-bond acceptors (Lipinski definition) is 5. The maximum Gasteiger partial charge on any atom is 0.295 e. The van der Waals surface area contributed by atoms with Crippen LogP contribution in [0, 0.1) is 0 Å². The Bertz CT molecular complexity index is 1040. The summed E-state index contributed by atoms with van der Waals surface area (Å²) in [5.41, 5.74) is 2.14. The number of hydrogen-bond donors (Lipinski definition) is 1. The lowest BCUT2D eigenvalue weighted by Crippen LogP contribution is -2.30. The van der Waals surface area contributed by atoms with Crippen LogP contribution in [0.3, 0.4) is 0 Å². The predicted octanol–water partition coefficient (Wildman–Crippen LogP) is 5.05. The van der Waals surface area contributed by atoms with Gasteiger partial charge in [-0.05, 0) is 49.1 Å². The number of aliphatic hydroxyl groups is 1. The lowest BCUT2D eigenvalue weighted by atomic mass is 9.92. The van der Waals surface area contributed by atoms with Gasteiger partial charge in [-0.2, -0.15) is 0 Å². The van der Waals surface area contributed by atoms with E-state index in [1.165, 1.54) is 4.90 Å². The van der Waals surface area contributed by atoms with Crippen molar-refractivity contribution in [1.82, 2.24) is 4.90 Å². The van der Waals surface area contributed by atoms with Crippen LogP contribution in [0.25, 0.3) is 5.76 Å². The smallest absolute Gasteiger partial charge is 0.295 e. The minimum Gasteiger partial charge on any atom is -0.507 e. The number of rotatable bonds is 8. The van der Waals surface area contributed by atoms with Gasteiger partial charge in [-0.1, -0.05) is 39.0 Å². The van der Waals surface area contributed by atoms with Gasteiger partial charge in [-0.3, -0.25) is 9.59 Å². The Morgan fingerprint density at radius 1 is 1.09 bits per heavy atom. The summed E-state index contributed by atoms with van der Waals surface area (Å²) in [5.74, 6) is -0.0430. The molecule has 0 aromatic heterocycles. The molecule has 0 bridgehead atoms. The molecule has 6 nitrogen and oxygen atoms in total. The maximum atomic E-state index is 13.1. The summed E-state index contributed by atoms with van der Waals surface area (Å²) in [6.07, 6.45) is 0.680. The van der Waals surface area contributed by atoms with E-state index in [1.807, 2.05) is 52.0 Å². The molecule has 1 N–H and O–H groups in total. The number of aliphatic hydroxyl groups excluding tert-OH is 1. The van der Waals surface area contributed by atoms with E-state index in [0.29, 0.717) is 36.4 Å². The second kappa shape index (κ2) is 9.90. The number of likely N-dealkylation sites (tertiary alicyclic amines) is 1. The molecular weight excluding hydrogens is 406 g/mol. The Morgan fingerprint density at radius 2 is 1.81 bits per heavy atom. The minimum absolute atomic E-state index is 0.0758. The molecule has 0 saturated carbocycles. The molecule has 1 aliphatic rings. The Balaban J connectivity index is 2.23. The summed E-state index contributed by atoms with van der Waals surface area (Å²) < 4.78 is 11.2. The average Bonchev–Trinajstić information content (AvgIpc) is 3.04. The van der Waals surface area contributed by atoms with Crippen LogP contribution in [0.4, 0.5) is 0 Å². The van der Waals surface area contributed by atoms with Gasteiger partial charge in [0, 0.05) is 17.7 Å². The molecule has 0 spiro atoms. The van der Waals surface area contributed by atoms with Gasteiger partial charge in [-0.15, -0.1) is 0 Å². The second-order valence-corrected chi connectivity index (χ2v) is 8.07. The van der Waals surface area contributed by atoms with Gasteiger partial charge in [0.25, 0.3) is 11.7 Å². The normalized spacial score (nSPS) is 17.8. The number of methoxy groups -OCH3 is 1. The zero-order chi connectivity index (χ0) is 23.4. The highest BCUT2D eigenvalue weighted by Crippen LogP contribution is 2.43. The highest BCUT2D eigenvalue weighted by atomic mass is 16.5. The van der Waals surface area contributed by atoms with E-state index in [9.17, 15) is 14.7 Å². The monoisotopic (exact) mass is 437 g/mol. The molecule has 1 atom stereocenters. The summed E-state index contributed by atoms with van der Waals surface area (Å²) in [4.78, 5) is 27.5. The van der Waals surface area contributed by atoms with Crippen molar-refractivity contribution in [3.63, 3.8) is 0 Å². The molecule has 32 heavy (non-hydrogen) atoms. The summed E-state index contributed by atoms with van der Waals surface area (Å²) in [6, 6.07) is 11.9. The first-order valence-corrected chi connectivity index (χ1v) is 11.0. The fraction of sp³-hybridized carbons (Fsp3) is 0.385. The average molecular weight is 438 g/mol. The molecule has 1 unspecified atom stereocenters. The summed E-state index contributed by atoms with van der Waals surface area (Å²) in [6.45, 7) is 8.86. The van der Waals surface area contributed by atoms with E-state index in [4.69, 9.17) is 9.47 Å². The number of Topliss-reactive ketones (excluding diaryl/α,β-unsaturated/α-hetero) is 1. The highest BCUT2D eigenvalue weighted by Gasteiger charge is 2.46. The molecule has 170 valence electrons. The van der Waals surface area contributed by atoms with Crippen LogP contribution >= 0.6 is 0 Å². The number of benzene rings is 2. The maximum absolute atomic E-state index is 13.1. The zero-order valence-corrected chi connectivity index (χ0v) is 19.3. The second-order valence-electron chi connectivity index (χ2n) is 8.07. The summed E-state index contributed by atoms with van der Waals surface area (Å²) in [7, 11) is 1.55. The first-order chi connectivity index (χ1) is 15.3. The Morgan fingerprint density at radius 3 is 2.44 bits per heavy atom. The fourth-order valence-electron chi connectivity index (χ4n) is 4.16. The fourth-order valence-corrected chi connectivity index (χ4v) is 4.16. The van der Waals surface area contributed by atoms with Gasteiger partial charge in [0.2, 0.25) is 0 Å². The Hall–Kier alpha value is -3.28. The van der Waals surface area contributed by atoms with Gasteiger partial charge in [0.05, 0.1) is 25.3 Å². The van der Waals surface area contributed by atoms with Crippen LogP contribution in [-0.4, -0.2) is 42.0 Å². The third-order valence-corrected chi connectivity index (χ3v) is 5.64. The van der Waals surface area contributed by atoms with Gasteiger partial charge in [0.15, 0.2) is 0 Å². The van der Waals surface area contributed by atoms with Crippen molar-refractivity contribution in [2.75, 3.05) is 20.3 Å². The first-order valence-electron chi connectivity index (χ1n) is 11.0. The quantitative estimate of drug-likeness (QED) is 0.355. The molecule has 0 aliphatic carbocycles. The molecule has 3 rings (SSSR count). The van der Waals surface area contributed by atoms with E-state index in [1.54, 1.807) is 25.3 Å². The molecular formula is C26H31NO5. The molecule has 1 fully saturated rings. The number of carbonyl (C=O) groups excluding carboxylic acids is 2. The highest BCUT2D eigenvalue weighted by molar-refractivity contribution is 6.46. The first kappa shape index (κ1) is 23.4. The molecule has 2 aromatic rings. The molecule has 1 saturated heterocycles. The third kappa shape index (κ3) is 4.22. The predicted molar refractivity (Wildman–Crippen MR) is 124 cm³/mol.